The van der Waals surface area contributed by atoms with E-state index in [0.717, 1.165) is 28.5 Å². The summed E-state index contributed by atoms with van der Waals surface area (Å²) in [7, 11) is -2.70. The van der Waals surface area contributed by atoms with E-state index in [0.29, 0.717) is 23.2 Å². The molecule has 0 fully saturated rings. The van der Waals surface area contributed by atoms with Crippen LogP contribution in [0.3, 0.4) is 0 Å². The van der Waals surface area contributed by atoms with Gasteiger partial charge in [-0.25, -0.2) is 13.1 Å². The van der Waals surface area contributed by atoms with Gasteiger partial charge in [0.15, 0.2) is 0 Å². The Labute approximate surface area is 269 Å². The fourth-order valence-corrected chi connectivity index (χ4v) is 6.68. The van der Waals surface area contributed by atoms with Crippen LogP contribution in [0.1, 0.15) is 72.6 Å². The highest BCUT2D eigenvalue weighted by Gasteiger charge is 2.40. The van der Waals surface area contributed by atoms with Gasteiger partial charge in [0.2, 0.25) is 11.8 Å². The number of carbonyl (C=O) groups excluding carboxylic acids is 3. The van der Waals surface area contributed by atoms with Crippen LogP contribution in [0.15, 0.2) is 77.3 Å². The van der Waals surface area contributed by atoms with Gasteiger partial charge >= 0.3 is 0 Å². The van der Waals surface area contributed by atoms with Gasteiger partial charge in [0.1, 0.15) is 5.75 Å². The third-order valence-corrected chi connectivity index (χ3v) is 9.59. The molecule has 11 heteroatoms. The summed E-state index contributed by atoms with van der Waals surface area (Å²) in [4.78, 5) is 41.9. The van der Waals surface area contributed by atoms with E-state index >= 15 is 0 Å². The van der Waals surface area contributed by atoms with Gasteiger partial charge in [-0.05, 0) is 73.4 Å². The lowest BCUT2D eigenvalue weighted by Crippen LogP contribution is -2.37. The smallest absolute Gasteiger partial charge is 0.265 e. The number of nitrogens with two attached hydrogens (primary N) is 1. The van der Waals surface area contributed by atoms with Crippen molar-refractivity contribution in [2.45, 2.75) is 51.9 Å². The molecule has 0 saturated carbocycles. The zero-order valence-corrected chi connectivity index (χ0v) is 27.7. The molecule has 0 saturated heterocycles. The minimum Gasteiger partial charge on any atom is -0.496 e. The fourth-order valence-electron chi connectivity index (χ4n) is 5.45. The van der Waals surface area contributed by atoms with Crippen molar-refractivity contribution in [2.75, 3.05) is 13.7 Å². The van der Waals surface area contributed by atoms with Crippen molar-refractivity contribution in [3.63, 3.8) is 0 Å². The van der Waals surface area contributed by atoms with Crippen LogP contribution in [0.5, 0.6) is 5.75 Å². The molecule has 242 valence electrons. The Morgan fingerprint density at radius 1 is 1.04 bits per heavy atom. The van der Waals surface area contributed by atoms with E-state index in [-0.39, 0.29) is 22.1 Å². The molecule has 0 bridgehead atoms. The van der Waals surface area contributed by atoms with Crippen LogP contribution >= 0.6 is 0 Å². The number of sulfonamides is 1. The zero-order chi connectivity index (χ0) is 33.8. The molecule has 46 heavy (non-hydrogen) atoms. The number of amides is 3. The van der Waals surface area contributed by atoms with Gasteiger partial charge in [-0.3, -0.25) is 14.4 Å². The number of aromatic nitrogens is 1. The maximum atomic E-state index is 13.2. The highest BCUT2D eigenvalue weighted by Crippen LogP contribution is 2.46. The van der Waals surface area contributed by atoms with Gasteiger partial charge in [0, 0.05) is 46.3 Å². The molecule has 1 unspecified atom stereocenters. The monoisotopic (exact) mass is 644 g/mol. The molecule has 4 rings (SSSR count). The molecule has 0 spiro atoms. The second kappa shape index (κ2) is 13.6. The molecule has 1 atom stereocenters. The average Bonchev–Trinajstić information content (AvgIpc) is 3.42. The number of methoxy groups -OCH3 is 1. The number of rotatable bonds is 12. The molecule has 3 amide bonds. The molecular formula is C35H40N4O6S. The highest BCUT2D eigenvalue weighted by atomic mass is 32.2. The summed E-state index contributed by atoms with van der Waals surface area (Å²) >= 11 is 0. The van der Waals surface area contributed by atoms with Gasteiger partial charge < -0.3 is 20.8 Å². The third-order valence-electron chi connectivity index (χ3n) is 8.10. The summed E-state index contributed by atoms with van der Waals surface area (Å²) in [5.74, 6) is -1.91. The van der Waals surface area contributed by atoms with Gasteiger partial charge in [-0.15, -0.1) is 0 Å². The lowest BCUT2D eigenvalue weighted by atomic mass is 9.70. The Hall–Kier alpha value is -4.90. The number of hydrogen-bond acceptors (Lipinski definition) is 6. The summed E-state index contributed by atoms with van der Waals surface area (Å²) in [6, 6.07) is 16.7. The van der Waals surface area contributed by atoms with Crippen molar-refractivity contribution < 1.29 is 27.5 Å². The summed E-state index contributed by atoms with van der Waals surface area (Å²) in [5.41, 5.74) is 8.85. The largest absolute Gasteiger partial charge is 0.496 e. The highest BCUT2D eigenvalue weighted by molar-refractivity contribution is 7.90. The minimum absolute atomic E-state index is 0.000499. The number of fused-ring (bicyclic) bond motifs is 1. The number of H-pyrrole nitrogens is 1. The number of benzene rings is 3. The van der Waals surface area contributed by atoms with Gasteiger partial charge in [-0.2, -0.15) is 0 Å². The van der Waals surface area contributed by atoms with E-state index in [9.17, 15) is 22.8 Å². The zero-order valence-electron chi connectivity index (χ0n) is 26.9. The molecule has 5 N–H and O–H groups in total. The molecule has 0 aliphatic heterocycles. The maximum absolute atomic E-state index is 13.2. The molecule has 0 aliphatic rings. The van der Waals surface area contributed by atoms with Crippen LogP contribution < -0.4 is 20.5 Å². The Morgan fingerprint density at radius 2 is 1.76 bits per heavy atom. The fraction of sp³-hybridized carbons (Fsp3) is 0.286. The number of aromatic amines is 1. The molecule has 1 heterocycles. The number of ether oxygens (including phenoxy) is 1. The first-order chi connectivity index (χ1) is 21.7. The standard InChI is InChI=1S/C35H40N4O6S/c1-7-16-37-32(40)22(3)17-23-12-15-28-26(18-23)27(20-38-28)31(35(4,5)34(36)42)25-14-13-24(19-29(25)45-6)33(41)39-46(43,44)30-11-9-8-10-21(30)2/h8-15,17-20,31,38H,7,16H2,1-6H3,(H2,36,42)(H,37,40)(H,39,41)/b22-17+. The topological polar surface area (TPSA) is 160 Å². The number of nitrogens with one attached hydrogen (secondary N) is 3. The summed E-state index contributed by atoms with van der Waals surface area (Å²) in [6.07, 6.45) is 4.44. The van der Waals surface area contributed by atoms with E-state index in [1.807, 2.05) is 31.3 Å². The predicted molar refractivity (Wildman–Crippen MR) is 179 cm³/mol. The molecular weight excluding hydrogens is 604 g/mol. The third kappa shape index (κ3) is 6.99. The lowest BCUT2D eigenvalue weighted by Gasteiger charge is -2.33. The quantitative estimate of drug-likeness (QED) is 0.156. The van der Waals surface area contributed by atoms with E-state index in [1.54, 1.807) is 58.0 Å². The molecule has 4 aromatic rings. The second-order valence-corrected chi connectivity index (χ2v) is 13.5. The maximum Gasteiger partial charge on any atom is 0.265 e. The average molecular weight is 645 g/mol. The number of primary amides is 1. The lowest BCUT2D eigenvalue weighted by molar-refractivity contribution is -0.126. The van der Waals surface area contributed by atoms with Crippen LogP contribution in [0.4, 0.5) is 0 Å². The van der Waals surface area contributed by atoms with Crippen molar-refractivity contribution in [3.8, 4) is 5.75 Å². The van der Waals surface area contributed by atoms with Gasteiger partial charge in [0.05, 0.1) is 17.4 Å². The minimum atomic E-state index is -4.14. The Kier molecular flexibility index (Phi) is 10.1. The summed E-state index contributed by atoms with van der Waals surface area (Å²) in [5, 5.41) is 3.68. The van der Waals surface area contributed by atoms with Crippen LogP contribution in [0.25, 0.3) is 17.0 Å². The second-order valence-electron chi connectivity index (χ2n) is 11.8. The van der Waals surface area contributed by atoms with Crippen molar-refractivity contribution in [1.82, 2.24) is 15.0 Å². The SMILES string of the molecule is CCCNC(=O)/C(C)=C/c1ccc2[nH]cc(C(c3ccc(C(=O)NS(=O)(=O)c4ccccc4C)cc3OC)C(C)(C)C(N)=O)c2c1. The molecule has 10 nitrogen and oxygen atoms in total. The number of aryl methyl sites for hydroxylation is 1. The van der Waals surface area contributed by atoms with Gasteiger partial charge in [-0.1, -0.05) is 51.1 Å². The van der Waals surface area contributed by atoms with E-state index in [1.165, 1.54) is 25.3 Å². The predicted octanol–water partition coefficient (Wildman–Crippen LogP) is 5.18. The van der Waals surface area contributed by atoms with Crippen LogP contribution in [0.2, 0.25) is 0 Å². The summed E-state index contributed by atoms with van der Waals surface area (Å²) < 4.78 is 33.8. The first-order valence-corrected chi connectivity index (χ1v) is 16.4. The van der Waals surface area contributed by atoms with Crippen molar-refractivity contribution in [1.29, 1.82) is 0 Å². The van der Waals surface area contributed by atoms with E-state index < -0.39 is 33.2 Å². The van der Waals surface area contributed by atoms with Crippen molar-refractivity contribution >= 4 is 44.7 Å². The summed E-state index contributed by atoms with van der Waals surface area (Å²) in [6.45, 7) is 9.44. The van der Waals surface area contributed by atoms with Crippen LogP contribution in [0, 0.1) is 12.3 Å². The van der Waals surface area contributed by atoms with Gasteiger partial charge in [0.25, 0.3) is 15.9 Å². The first-order valence-electron chi connectivity index (χ1n) is 14.9. The number of carbonyl (C=O) groups is 3. The van der Waals surface area contributed by atoms with E-state index in [4.69, 9.17) is 10.5 Å². The normalized spacial score (nSPS) is 12.9. The van der Waals surface area contributed by atoms with Crippen molar-refractivity contribution in [2.24, 2.45) is 11.1 Å². The first kappa shape index (κ1) is 34.0. The van der Waals surface area contributed by atoms with Crippen molar-refractivity contribution in [3.05, 3.63) is 100 Å². The molecule has 0 radical (unpaired) electrons. The number of hydrogen-bond donors (Lipinski definition) is 4. The Bertz CT molecular complexity index is 1940. The van der Waals surface area contributed by atoms with Crippen LogP contribution in [-0.4, -0.2) is 44.8 Å². The Balaban J connectivity index is 1.78. The molecule has 1 aromatic heterocycles. The van der Waals surface area contributed by atoms with E-state index in [2.05, 4.69) is 15.0 Å². The Morgan fingerprint density at radius 3 is 2.41 bits per heavy atom. The van der Waals surface area contributed by atoms with Crippen LogP contribution in [-0.2, 0) is 19.6 Å². The molecule has 3 aromatic carbocycles. The molecule has 0 aliphatic carbocycles.